The number of carbonyl (C=O) groups is 1. The maximum absolute atomic E-state index is 11.5. The highest BCUT2D eigenvalue weighted by molar-refractivity contribution is 5.90. The average molecular weight is 250 g/mol. The summed E-state index contributed by atoms with van der Waals surface area (Å²) >= 11 is 0. The van der Waals surface area contributed by atoms with Crippen molar-refractivity contribution in [2.24, 2.45) is 11.7 Å². The molecule has 0 radical (unpaired) electrons. The number of rotatable bonds is 7. The highest BCUT2D eigenvalue weighted by Crippen LogP contribution is 2.18. The average Bonchev–Trinajstić information content (AvgIpc) is 2.34. The third-order valence-electron chi connectivity index (χ3n) is 2.31. The molecule has 3 N–H and O–H groups in total. The van der Waals surface area contributed by atoms with E-state index in [0.29, 0.717) is 31.9 Å². The van der Waals surface area contributed by atoms with Gasteiger partial charge in [0.1, 0.15) is 5.75 Å². The van der Waals surface area contributed by atoms with Crippen molar-refractivity contribution in [2.75, 3.05) is 18.5 Å². The summed E-state index contributed by atoms with van der Waals surface area (Å²) in [6, 6.07) is 7.44. The molecule has 0 spiro atoms. The number of amides is 1. The lowest BCUT2D eigenvalue weighted by atomic mass is 10.2. The summed E-state index contributed by atoms with van der Waals surface area (Å²) in [5.41, 5.74) is 6.12. The van der Waals surface area contributed by atoms with Gasteiger partial charge in [0.25, 0.3) is 0 Å². The Bertz CT molecular complexity index is 378. The van der Waals surface area contributed by atoms with Gasteiger partial charge in [-0.15, -0.1) is 0 Å². The van der Waals surface area contributed by atoms with Crippen molar-refractivity contribution in [2.45, 2.75) is 26.7 Å². The molecule has 0 saturated carbocycles. The number of ether oxygens (including phenoxy) is 1. The van der Waals surface area contributed by atoms with Gasteiger partial charge in [-0.05, 0) is 31.0 Å². The van der Waals surface area contributed by atoms with Crippen LogP contribution in [0.25, 0.3) is 0 Å². The molecule has 1 rings (SSSR count). The van der Waals surface area contributed by atoms with Gasteiger partial charge in [-0.3, -0.25) is 4.79 Å². The van der Waals surface area contributed by atoms with E-state index in [-0.39, 0.29) is 5.91 Å². The number of hydrogen-bond acceptors (Lipinski definition) is 3. The molecule has 0 aliphatic carbocycles. The quantitative estimate of drug-likeness (QED) is 0.781. The summed E-state index contributed by atoms with van der Waals surface area (Å²) in [7, 11) is 0. The lowest BCUT2D eigenvalue weighted by Crippen LogP contribution is -2.13. The van der Waals surface area contributed by atoms with E-state index in [1.807, 2.05) is 24.3 Å². The number of benzene rings is 1. The summed E-state index contributed by atoms with van der Waals surface area (Å²) in [5.74, 6) is 1.24. The fraction of sp³-hybridized carbons (Fsp3) is 0.500. The van der Waals surface area contributed by atoms with Crippen LogP contribution >= 0.6 is 0 Å². The van der Waals surface area contributed by atoms with Crippen LogP contribution in [0, 0.1) is 5.92 Å². The van der Waals surface area contributed by atoms with Crippen LogP contribution in [0.3, 0.4) is 0 Å². The van der Waals surface area contributed by atoms with E-state index in [2.05, 4.69) is 19.2 Å². The van der Waals surface area contributed by atoms with E-state index < -0.39 is 0 Å². The van der Waals surface area contributed by atoms with Gasteiger partial charge in [0.05, 0.1) is 6.61 Å². The molecule has 100 valence electrons. The molecular weight excluding hydrogens is 228 g/mol. The summed E-state index contributed by atoms with van der Waals surface area (Å²) in [6.07, 6.45) is 1.16. The molecule has 0 unspecified atom stereocenters. The molecule has 0 aromatic heterocycles. The van der Waals surface area contributed by atoms with E-state index in [9.17, 15) is 4.79 Å². The number of nitrogens with two attached hydrogens (primary N) is 1. The van der Waals surface area contributed by atoms with Gasteiger partial charge < -0.3 is 15.8 Å². The molecular formula is C14H22N2O2. The Kier molecular flexibility index (Phi) is 6.22. The minimum absolute atomic E-state index is 0.0125. The number of nitrogens with one attached hydrogen (secondary N) is 1. The molecule has 0 aliphatic rings. The zero-order valence-electron chi connectivity index (χ0n) is 11.1. The first-order chi connectivity index (χ1) is 8.61. The number of hydrogen-bond donors (Lipinski definition) is 2. The Morgan fingerprint density at radius 2 is 2.22 bits per heavy atom. The second kappa shape index (κ2) is 7.71. The van der Waals surface area contributed by atoms with Crippen LogP contribution in [0.15, 0.2) is 24.3 Å². The Morgan fingerprint density at radius 1 is 1.44 bits per heavy atom. The lowest BCUT2D eigenvalue weighted by Gasteiger charge is -2.10. The maximum atomic E-state index is 11.5. The highest BCUT2D eigenvalue weighted by atomic mass is 16.5. The fourth-order valence-electron chi connectivity index (χ4n) is 1.41. The van der Waals surface area contributed by atoms with Crippen LogP contribution in [0.2, 0.25) is 0 Å². The first-order valence-corrected chi connectivity index (χ1v) is 6.34. The molecule has 1 aromatic carbocycles. The number of anilines is 1. The fourth-order valence-corrected chi connectivity index (χ4v) is 1.41. The predicted molar refractivity (Wildman–Crippen MR) is 73.7 cm³/mol. The monoisotopic (exact) mass is 250 g/mol. The molecule has 1 amide bonds. The predicted octanol–water partition coefficient (Wildman–Crippen LogP) is 2.40. The second-order valence-corrected chi connectivity index (χ2v) is 4.67. The highest BCUT2D eigenvalue weighted by Gasteiger charge is 2.03. The topological polar surface area (TPSA) is 64.3 Å². The van der Waals surface area contributed by atoms with Crippen molar-refractivity contribution in [3.63, 3.8) is 0 Å². The Labute approximate surface area is 109 Å². The van der Waals surface area contributed by atoms with Crippen LogP contribution in [-0.4, -0.2) is 19.1 Å². The van der Waals surface area contributed by atoms with E-state index >= 15 is 0 Å². The molecule has 1 aromatic rings. The zero-order valence-corrected chi connectivity index (χ0v) is 11.1. The van der Waals surface area contributed by atoms with Crippen LogP contribution < -0.4 is 15.8 Å². The summed E-state index contributed by atoms with van der Waals surface area (Å²) in [4.78, 5) is 11.5. The molecule has 0 bridgehead atoms. The van der Waals surface area contributed by atoms with Crippen LogP contribution in [0.4, 0.5) is 5.69 Å². The minimum Gasteiger partial charge on any atom is -0.493 e. The third kappa shape index (κ3) is 5.68. The third-order valence-corrected chi connectivity index (χ3v) is 2.31. The van der Waals surface area contributed by atoms with Crippen molar-refractivity contribution in [3.05, 3.63) is 24.3 Å². The molecule has 0 fully saturated rings. The molecule has 18 heavy (non-hydrogen) atoms. The van der Waals surface area contributed by atoms with Crippen molar-refractivity contribution in [1.82, 2.24) is 0 Å². The first kappa shape index (κ1) is 14.5. The van der Waals surface area contributed by atoms with Crippen molar-refractivity contribution in [1.29, 1.82) is 0 Å². The smallest absolute Gasteiger partial charge is 0.224 e. The maximum Gasteiger partial charge on any atom is 0.224 e. The van der Waals surface area contributed by atoms with E-state index in [1.54, 1.807) is 0 Å². The van der Waals surface area contributed by atoms with Gasteiger partial charge >= 0.3 is 0 Å². The Hall–Kier alpha value is -1.55. The zero-order chi connectivity index (χ0) is 13.4. The summed E-state index contributed by atoms with van der Waals surface area (Å²) < 4.78 is 5.60. The molecule has 0 heterocycles. The summed E-state index contributed by atoms with van der Waals surface area (Å²) in [6.45, 7) is 5.40. The normalized spacial score (nSPS) is 10.4. The van der Waals surface area contributed by atoms with Crippen molar-refractivity contribution >= 4 is 11.6 Å². The van der Waals surface area contributed by atoms with Crippen molar-refractivity contribution < 1.29 is 9.53 Å². The van der Waals surface area contributed by atoms with Crippen molar-refractivity contribution in [3.8, 4) is 5.75 Å². The van der Waals surface area contributed by atoms with Gasteiger partial charge in [-0.1, -0.05) is 19.9 Å². The second-order valence-electron chi connectivity index (χ2n) is 4.67. The minimum atomic E-state index is -0.0125. The Morgan fingerprint density at radius 3 is 2.89 bits per heavy atom. The molecule has 4 nitrogen and oxygen atoms in total. The van der Waals surface area contributed by atoms with E-state index in [4.69, 9.17) is 10.5 Å². The molecule has 0 aliphatic heterocycles. The van der Waals surface area contributed by atoms with Crippen LogP contribution in [-0.2, 0) is 4.79 Å². The van der Waals surface area contributed by atoms with Crippen LogP contribution in [0.1, 0.15) is 26.7 Å². The first-order valence-electron chi connectivity index (χ1n) is 6.34. The van der Waals surface area contributed by atoms with Crippen LogP contribution in [0.5, 0.6) is 5.75 Å². The molecule has 4 heteroatoms. The van der Waals surface area contributed by atoms with Gasteiger partial charge in [0.15, 0.2) is 0 Å². The van der Waals surface area contributed by atoms with E-state index in [1.165, 1.54) is 0 Å². The largest absolute Gasteiger partial charge is 0.493 e. The van der Waals surface area contributed by atoms with E-state index in [0.717, 1.165) is 11.4 Å². The summed E-state index contributed by atoms with van der Waals surface area (Å²) in [5, 5.41) is 2.83. The van der Waals surface area contributed by atoms with Gasteiger partial charge in [0, 0.05) is 18.2 Å². The lowest BCUT2D eigenvalue weighted by molar-refractivity contribution is -0.116. The SMILES string of the molecule is CC(C)COc1cccc(NC(=O)CCCN)c1. The van der Waals surface area contributed by atoms with Gasteiger partial charge in [0.2, 0.25) is 5.91 Å². The van der Waals surface area contributed by atoms with Gasteiger partial charge in [-0.2, -0.15) is 0 Å². The molecule has 0 atom stereocenters. The van der Waals surface area contributed by atoms with Gasteiger partial charge in [-0.25, -0.2) is 0 Å². The standard InChI is InChI=1S/C14H22N2O2/c1-11(2)10-18-13-6-3-5-12(9-13)16-14(17)7-4-8-15/h3,5-6,9,11H,4,7-8,10,15H2,1-2H3,(H,16,17). The number of carbonyl (C=O) groups excluding carboxylic acids is 1. The molecule has 0 saturated heterocycles. The Balaban J connectivity index is 2.51.